The molecule has 8 heteroatoms. The summed E-state index contributed by atoms with van der Waals surface area (Å²) in [5.74, 6) is 0. The number of fused-ring (bicyclic) bond motifs is 1. The molecule has 0 amide bonds. The maximum atomic E-state index is 5.96. The molecule has 0 radical (unpaired) electrons. The van der Waals surface area contributed by atoms with E-state index >= 15 is 0 Å². The first kappa shape index (κ1) is 20.8. The molecule has 31 heavy (non-hydrogen) atoms. The molecule has 0 unspecified atom stereocenters. The van der Waals surface area contributed by atoms with Crippen LogP contribution in [0.5, 0.6) is 0 Å². The van der Waals surface area contributed by atoms with Crippen molar-refractivity contribution in [2.75, 3.05) is 57.6 Å². The Balaban J connectivity index is 1.36. The molecular weight excluding hydrogens is 426 g/mol. The number of para-hydroxylation sites is 1. The Morgan fingerprint density at radius 3 is 2.45 bits per heavy atom. The van der Waals surface area contributed by atoms with Gasteiger partial charge in [0.15, 0.2) is 10.2 Å². The highest BCUT2D eigenvalue weighted by molar-refractivity contribution is 7.80. The second-order valence-corrected chi connectivity index (χ2v) is 9.36. The van der Waals surface area contributed by atoms with E-state index in [0.717, 1.165) is 75.0 Å². The second kappa shape index (κ2) is 9.58. The monoisotopic (exact) mass is 453 g/mol. The molecule has 0 N–H and O–H groups in total. The lowest BCUT2D eigenvalue weighted by molar-refractivity contribution is 0.0304. The molecule has 1 aromatic heterocycles. The lowest BCUT2D eigenvalue weighted by Crippen LogP contribution is -2.59. The van der Waals surface area contributed by atoms with Gasteiger partial charge in [-0.15, -0.1) is 0 Å². The fraction of sp³-hybridized carbons (Fsp3) is 0.391. The Hall–Kier alpha value is -2.10. The minimum atomic E-state index is 0.772. The van der Waals surface area contributed by atoms with Gasteiger partial charge in [-0.1, -0.05) is 53.8 Å². The number of aromatic nitrogens is 1. The predicted octanol–water partition coefficient (Wildman–Crippen LogP) is 3.45. The summed E-state index contributed by atoms with van der Waals surface area (Å²) in [6.45, 7) is 8.15. The van der Waals surface area contributed by atoms with Crippen molar-refractivity contribution in [3.63, 3.8) is 0 Å². The average molecular weight is 454 g/mol. The van der Waals surface area contributed by atoms with Crippen LogP contribution in [0.1, 0.15) is 5.56 Å². The van der Waals surface area contributed by atoms with Crippen molar-refractivity contribution in [2.24, 2.45) is 0 Å². The van der Waals surface area contributed by atoms with Crippen LogP contribution in [0.2, 0.25) is 0 Å². The predicted molar refractivity (Wildman–Crippen MR) is 130 cm³/mol. The van der Waals surface area contributed by atoms with Gasteiger partial charge in [0.25, 0.3) is 0 Å². The summed E-state index contributed by atoms with van der Waals surface area (Å²) in [6, 6.07) is 18.9. The van der Waals surface area contributed by atoms with Crippen molar-refractivity contribution < 1.29 is 4.74 Å². The van der Waals surface area contributed by atoms with Crippen molar-refractivity contribution in [2.45, 2.75) is 6.54 Å². The van der Waals surface area contributed by atoms with Crippen LogP contribution in [0.25, 0.3) is 10.2 Å². The third kappa shape index (κ3) is 4.88. The van der Waals surface area contributed by atoms with Gasteiger partial charge >= 0.3 is 0 Å². The van der Waals surface area contributed by atoms with Crippen LogP contribution in [-0.2, 0) is 11.3 Å². The zero-order chi connectivity index (χ0) is 21.0. The fourth-order valence-electron chi connectivity index (χ4n) is 4.07. The van der Waals surface area contributed by atoms with Crippen LogP contribution in [-0.4, -0.2) is 77.5 Å². The normalized spacial score (nSPS) is 18.8. The maximum absolute atomic E-state index is 5.96. The van der Waals surface area contributed by atoms with Gasteiger partial charge in [0.05, 0.1) is 36.8 Å². The van der Waals surface area contributed by atoms with Crippen LogP contribution >= 0.6 is 23.6 Å². The van der Waals surface area contributed by atoms with Crippen molar-refractivity contribution in [1.82, 2.24) is 19.7 Å². The zero-order valence-electron chi connectivity index (χ0n) is 17.5. The molecule has 5 rings (SSSR count). The minimum Gasteiger partial charge on any atom is -0.379 e. The number of ether oxygens (including phenoxy) is 1. The Morgan fingerprint density at radius 2 is 1.65 bits per heavy atom. The molecule has 3 aromatic rings. The molecule has 162 valence electrons. The number of benzene rings is 2. The molecule has 0 atom stereocenters. The largest absolute Gasteiger partial charge is 0.379 e. The molecule has 2 fully saturated rings. The standard InChI is InChI=1S/C23H27N5OS2/c30-23-27(16-19-6-2-1-3-7-19)17-26(11-10-25-12-14-29-15-13-25)18-28(23)22-24-20-8-4-5-9-21(20)31-22/h1-9H,10-18H2. The molecule has 6 nitrogen and oxygen atoms in total. The highest BCUT2D eigenvalue weighted by Crippen LogP contribution is 2.31. The fourth-order valence-corrected chi connectivity index (χ4v) is 5.35. The van der Waals surface area contributed by atoms with Gasteiger partial charge in [0.1, 0.15) is 0 Å². The van der Waals surface area contributed by atoms with Crippen LogP contribution < -0.4 is 4.90 Å². The van der Waals surface area contributed by atoms with Crippen LogP contribution in [0, 0.1) is 0 Å². The molecule has 0 bridgehead atoms. The lowest BCUT2D eigenvalue weighted by atomic mass is 10.2. The highest BCUT2D eigenvalue weighted by atomic mass is 32.1. The van der Waals surface area contributed by atoms with Gasteiger partial charge in [-0.05, 0) is 29.9 Å². The summed E-state index contributed by atoms with van der Waals surface area (Å²) >= 11 is 7.67. The summed E-state index contributed by atoms with van der Waals surface area (Å²) in [5, 5.41) is 1.82. The van der Waals surface area contributed by atoms with E-state index in [1.165, 1.54) is 10.3 Å². The van der Waals surface area contributed by atoms with Gasteiger partial charge in [-0.2, -0.15) is 0 Å². The summed E-state index contributed by atoms with van der Waals surface area (Å²) < 4.78 is 6.69. The van der Waals surface area contributed by atoms with Crippen molar-refractivity contribution >= 4 is 44.0 Å². The number of rotatable bonds is 6. The first-order chi connectivity index (χ1) is 15.3. The molecule has 3 heterocycles. The maximum Gasteiger partial charge on any atom is 0.193 e. The summed E-state index contributed by atoms with van der Waals surface area (Å²) in [5.41, 5.74) is 2.30. The first-order valence-electron chi connectivity index (χ1n) is 10.7. The minimum absolute atomic E-state index is 0.772. The topological polar surface area (TPSA) is 35.1 Å². The molecule has 2 aliphatic rings. The summed E-state index contributed by atoms with van der Waals surface area (Å²) in [6.07, 6.45) is 0. The SMILES string of the molecule is S=C1N(Cc2ccccc2)CN(CCN2CCOCC2)CN1c1nc2ccccc2s1. The van der Waals surface area contributed by atoms with Gasteiger partial charge < -0.3 is 9.64 Å². The smallest absolute Gasteiger partial charge is 0.193 e. The number of hydrogen-bond donors (Lipinski definition) is 0. The van der Waals surface area contributed by atoms with E-state index in [1.54, 1.807) is 11.3 Å². The molecule has 2 saturated heterocycles. The third-order valence-electron chi connectivity index (χ3n) is 5.78. The Labute approximate surface area is 192 Å². The molecule has 0 spiro atoms. The highest BCUT2D eigenvalue weighted by Gasteiger charge is 2.30. The van der Waals surface area contributed by atoms with Crippen molar-refractivity contribution in [1.29, 1.82) is 0 Å². The Bertz CT molecular complexity index is 988. The van der Waals surface area contributed by atoms with Gasteiger partial charge in [-0.25, -0.2) is 4.98 Å². The number of morpholine rings is 1. The first-order valence-corrected chi connectivity index (χ1v) is 12.0. The van der Waals surface area contributed by atoms with Crippen molar-refractivity contribution in [3.8, 4) is 0 Å². The number of anilines is 1. The van der Waals surface area contributed by atoms with Crippen LogP contribution in [0.4, 0.5) is 5.13 Å². The summed E-state index contributed by atoms with van der Waals surface area (Å²) in [7, 11) is 0. The van der Waals surface area contributed by atoms with E-state index in [9.17, 15) is 0 Å². The number of thiocarbonyl (C=S) groups is 1. The van der Waals surface area contributed by atoms with Gasteiger partial charge in [-0.3, -0.25) is 14.7 Å². The number of hydrogen-bond acceptors (Lipinski definition) is 6. The third-order valence-corrected chi connectivity index (χ3v) is 7.32. The number of nitrogens with zero attached hydrogens (tertiary/aromatic N) is 5. The quantitative estimate of drug-likeness (QED) is 0.529. The zero-order valence-corrected chi connectivity index (χ0v) is 19.2. The van der Waals surface area contributed by atoms with E-state index in [0.29, 0.717) is 0 Å². The Kier molecular flexibility index (Phi) is 6.42. The van der Waals surface area contributed by atoms with E-state index in [1.807, 2.05) is 6.07 Å². The van der Waals surface area contributed by atoms with Crippen LogP contribution in [0.3, 0.4) is 0 Å². The van der Waals surface area contributed by atoms with E-state index in [-0.39, 0.29) is 0 Å². The van der Waals surface area contributed by atoms with E-state index in [4.69, 9.17) is 21.9 Å². The molecule has 0 aliphatic carbocycles. The molecule has 2 aliphatic heterocycles. The van der Waals surface area contributed by atoms with E-state index < -0.39 is 0 Å². The Morgan fingerprint density at radius 1 is 0.903 bits per heavy atom. The number of thiazole rings is 1. The molecular formula is C23H27N5OS2. The van der Waals surface area contributed by atoms with Gasteiger partial charge in [0, 0.05) is 32.7 Å². The van der Waals surface area contributed by atoms with Crippen LogP contribution in [0.15, 0.2) is 54.6 Å². The molecule has 0 saturated carbocycles. The second-order valence-electron chi connectivity index (χ2n) is 7.99. The lowest BCUT2D eigenvalue weighted by Gasteiger charge is -2.44. The molecule has 2 aromatic carbocycles. The average Bonchev–Trinajstić information content (AvgIpc) is 3.25. The van der Waals surface area contributed by atoms with Gasteiger partial charge in [0.2, 0.25) is 0 Å². The summed E-state index contributed by atoms with van der Waals surface area (Å²) in [4.78, 5) is 14.3. The van der Waals surface area contributed by atoms with E-state index in [2.05, 4.69) is 68.1 Å². The van der Waals surface area contributed by atoms with Crippen molar-refractivity contribution in [3.05, 3.63) is 60.2 Å².